The van der Waals surface area contributed by atoms with Crippen molar-refractivity contribution in [2.45, 2.75) is 11.1 Å². The zero-order valence-corrected chi connectivity index (χ0v) is 15.4. The van der Waals surface area contributed by atoms with E-state index in [9.17, 15) is 36.5 Å². The molecule has 0 spiro atoms. The first-order chi connectivity index (χ1) is 13.5. The Morgan fingerprint density at radius 2 is 1.76 bits per heavy atom. The second kappa shape index (κ2) is 7.48. The van der Waals surface area contributed by atoms with E-state index >= 15 is 0 Å². The summed E-state index contributed by atoms with van der Waals surface area (Å²) >= 11 is 0. The lowest BCUT2D eigenvalue weighted by Gasteiger charge is -2.33. The Kier molecular flexibility index (Phi) is 5.36. The number of sulfonamides is 1. The van der Waals surface area contributed by atoms with Gasteiger partial charge in [-0.05, 0) is 24.3 Å². The summed E-state index contributed by atoms with van der Waals surface area (Å²) < 4.78 is 69.7. The predicted octanol–water partition coefficient (Wildman–Crippen LogP) is 2.35. The predicted molar refractivity (Wildman–Crippen MR) is 91.5 cm³/mol. The van der Waals surface area contributed by atoms with Crippen LogP contribution in [-0.4, -0.2) is 54.6 Å². The third-order valence-corrected chi connectivity index (χ3v) is 6.20. The lowest BCUT2D eigenvalue weighted by molar-refractivity contribution is -0.402. The summed E-state index contributed by atoms with van der Waals surface area (Å²) in [5.74, 6) is -1.50. The zero-order chi connectivity index (χ0) is 21.4. The van der Waals surface area contributed by atoms with Crippen LogP contribution in [0.1, 0.15) is 16.1 Å². The van der Waals surface area contributed by atoms with E-state index in [2.05, 4.69) is 0 Å². The molecule has 0 bridgehead atoms. The van der Waals surface area contributed by atoms with Crippen molar-refractivity contribution < 1.29 is 35.7 Å². The topological polar surface area (TPSA) is 114 Å². The van der Waals surface area contributed by atoms with Crippen LogP contribution in [0, 0.1) is 10.1 Å². The van der Waals surface area contributed by atoms with Crippen LogP contribution in [0.4, 0.5) is 19.1 Å². The monoisotopic (exact) mass is 433 g/mol. The number of alkyl halides is 3. The van der Waals surface area contributed by atoms with Gasteiger partial charge in [-0.1, -0.05) is 6.07 Å². The van der Waals surface area contributed by atoms with E-state index in [1.54, 1.807) is 0 Å². The first kappa shape index (κ1) is 20.8. The van der Waals surface area contributed by atoms with E-state index in [1.807, 2.05) is 0 Å². The van der Waals surface area contributed by atoms with Gasteiger partial charge in [0.05, 0.1) is 16.5 Å². The van der Waals surface area contributed by atoms with E-state index in [1.165, 1.54) is 4.90 Å². The summed E-state index contributed by atoms with van der Waals surface area (Å²) in [5, 5.41) is 10.6. The highest BCUT2D eigenvalue weighted by molar-refractivity contribution is 7.89. The van der Waals surface area contributed by atoms with E-state index in [0.717, 1.165) is 34.6 Å². The van der Waals surface area contributed by atoms with E-state index in [-0.39, 0.29) is 31.9 Å². The Morgan fingerprint density at radius 1 is 1.10 bits per heavy atom. The molecule has 2 aromatic rings. The Morgan fingerprint density at radius 3 is 2.31 bits per heavy atom. The number of rotatable bonds is 4. The summed E-state index contributed by atoms with van der Waals surface area (Å²) in [6.07, 6.45) is -4.68. The number of hydrogen-bond donors (Lipinski definition) is 0. The fourth-order valence-corrected chi connectivity index (χ4v) is 4.28. The molecule has 1 fully saturated rings. The molecule has 0 radical (unpaired) electrons. The zero-order valence-electron chi connectivity index (χ0n) is 14.6. The summed E-state index contributed by atoms with van der Waals surface area (Å²) in [5.41, 5.74) is -1.08. The number of benzene rings is 1. The normalized spacial score (nSPS) is 16.0. The van der Waals surface area contributed by atoms with E-state index in [4.69, 9.17) is 4.42 Å². The lowest BCUT2D eigenvalue weighted by atomic mass is 10.2. The lowest BCUT2D eigenvalue weighted by Crippen LogP contribution is -2.50. The third-order valence-electron chi connectivity index (χ3n) is 4.31. The van der Waals surface area contributed by atoms with Gasteiger partial charge in [-0.25, -0.2) is 8.42 Å². The van der Waals surface area contributed by atoms with E-state index < -0.39 is 43.4 Å². The first-order valence-corrected chi connectivity index (χ1v) is 9.65. The second-order valence-corrected chi connectivity index (χ2v) is 8.05. The number of halogens is 3. The molecule has 13 heteroatoms. The molecule has 1 aliphatic heterocycles. The second-order valence-electron chi connectivity index (χ2n) is 6.12. The number of hydrogen-bond acceptors (Lipinski definition) is 6. The number of furan rings is 1. The summed E-state index contributed by atoms with van der Waals surface area (Å²) in [4.78, 5) is 22.9. The molecule has 156 valence electrons. The number of nitro groups is 1. The summed E-state index contributed by atoms with van der Waals surface area (Å²) in [6, 6.07) is 5.60. The van der Waals surface area contributed by atoms with E-state index in [0.29, 0.717) is 6.07 Å². The summed E-state index contributed by atoms with van der Waals surface area (Å²) in [7, 11) is -4.18. The molecule has 0 aliphatic carbocycles. The van der Waals surface area contributed by atoms with Crippen LogP contribution >= 0.6 is 0 Å². The molecule has 1 aliphatic rings. The van der Waals surface area contributed by atoms with Gasteiger partial charge in [0.25, 0.3) is 5.91 Å². The number of carbonyl (C=O) groups excluding carboxylic acids is 1. The van der Waals surface area contributed by atoms with Crippen molar-refractivity contribution in [3.05, 3.63) is 57.8 Å². The van der Waals surface area contributed by atoms with Gasteiger partial charge >= 0.3 is 12.1 Å². The highest BCUT2D eigenvalue weighted by Crippen LogP contribution is 2.31. The molecule has 1 amide bonds. The molecule has 0 unspecified atom stereocenters. The number of piperazine rings is 1. The van der Waals surface area contributed by atoms with Crippen molar-refractivity contribution in [3.63, 3.8) is 0 Å². The Balaban J connectivity index is 1.71. The van der Waals surface area contributed by atoms with Gasteiger partial charge in [0.15, 0.2) is 5.76 Å². The van der Waals surface area contributed by atoms with Gasteiger partial charge in [-0.3, -0.25) is 14.9 Å². The third kappa shape index (κ3) is 4.24. The Labute approximate surface area is 162 Å². The molecule has 9 nitrogen and oxygen atoms in total. The minimum atomic E-state index is -4.68. The Hall–Kier alpha value is -2.93. The molecule has 2 heterocycles. The molecule has 0 N–H and O–H groups in total. The number of carbonyl (C=O) groups is 1. The largest absolute Gasteiger partial charge is 0.433 e. The molecule has 29 heavy (non-hydrogen) atoms. The molecule has 3 rings (SSSR count). The van der Waals surface area contributed by atoms with Crippen LogP contribution in [-0.2, 0) is 16.2 Å². The highest BCUT2D eigenvalue weighted by Gasteiger charge is 2.35. The van der Waals surface area contributed by atoms with Gasteiger partial charge in [-0.15, -0.1) is 0 Å². The van der Waals surface area contributed by atoms with Crippen LogP contribution in [0.2, 0.25) is 0 Å². The van der Waals surface area contributed by atoms with Gasteiger partial charge in [0, 0.05) is 26.2 Å². The van der Waals surface area contributed by atoms with Gasteiger partial charge in [-0.2, -0.15) is 17.5 Å². The minimum Gasteiger partial charge on any atom is -0.395 e. The fraction of sp³-hybridized carbons (Fsp3) is 0.312. The van der Waals surface area contributed by atoms with Crippen LogP contribution in [0.3, 0.4) is 0 Å². The summed E-state index contributed by atoms with van der Waals surface area (Å²) in [6.45, 7) is -0.392. The van der Waals surface area contributed by atoms with Crippen LogP contribution in [0.25, 0.3) is 0 Å². The molecule has 0 saturated carbocycles. The van der Waals surface area contributed by atoms with Crippen LogP contribution in [0.5, 0.6) is 0 Å². The fourth-order valence-electron chi connectivity index (χ4n) is 2.81. The van der Waals surface area contributed by atoms with Crippen molar-refractivity contribution >= 4 is 21.8 Å². The maximum absolute atomic E-state index is 12.8. The van der Waals surface area contributed by atoms with Crippen LogP contribution in [0.15, 0.2) is 45.7 Å². The standard InChI is InChI=1S/C16H14F3N3O6S/c17-16(18,19)11-2-1-3-12(10-11)29(26,27)21-8-6-20(7-9-21)15(23)13-4-5-14(28-13)22(24)25/h1-5,10H,6-9H2. The molecule has 1 saturated heterocycles. The molecule has 0 atom stereocenters. The van der Waals surface area contributed by atoms with Crippen molar-refractivity contribution in [2.75, 3.05) is 26.2 Å². The van der Waals surface area contributed by atoms with Gasteiger partial charge < -0.3 is 9.32 Å². The van der Waals surface area contributed by atoms with Crippen molar-refractivity contribution in [2.24, 2.45) is 0 Å². The Bertz CT molecular complexity index is 1040. The maximum atomic E-state index is 12.8. The average Bonchev–Trinajstić information content (AvgIpc) is 3.17. The van der Waals surface area contributed by atoms with Crippen molar-refractivity contribution in [1.29, 1.82) is 0 Å². The van der Waals surface area contributed by atoms with Crippen LogP contribution < -0.4 is 0 Å². The van der Waals surface area contributed by atoms with Gasteiger partial charge in [0.2, 0.25) is 10.0 Å². The molecular weight excluding hydrogens is 419 g/mol. The molecular formula is C16H14F3N3O6S. The minimum absolute atomic E-state index is 0.0501. The smallest absolute Gasteiger partial charge is 0.395 e. The van der Waals surface area contributed by atoms with Crippen molar-refractivity contribution in [1.82, 2.24) is 9.21 Å². The maximum Gasteiger partial charge on any atom is 0.433 e. The quantitative estimate of drug-likeness (QED) is 0.540. The molecule has 1 aromatic carbocycles. The van der Waals surface area contributed by atoms with Gasteiger partial charge in [0.1, 0.15) is 4.92 Å². The average molecular weight is 433 g/mol. The highest BCUT2D eigenvalue weighted by atomic mass is 32.2. The molecule has 1 aromatic heterocycles. The SMILES string of the molecule is O=C(c1ccc([N+](=O)[O-])o1)N1CCN(S(=O)(=O)c2cccc(C(F)(F)F)c2)CC1. The number of nitrogens with zero attached hydrogens (tertiary/aromatic N) is 3. The first-order valence-electron chi connectivity index (χ1n) is 8.21. The number of amides is 1. The van der Waals surface area contributed by atoms with Crippen molar-refractivity contribution in [3.8, 4) is 0 Å².